The minimum absolute atomic E-state index is 0.0802. The molecule has 1 heterocycles. The number of ether oxygens (including phenoxy) is 1. The van der Waals surface area contributed by atoms with Crippen molar-refractivity contribution in [2.45, 2.75) is 39.5 Å². The maximum Gasteiger partial charge on any atom is 0.317 e. The molecule has 4 fully saturated rings. The molecule has 4 aliphatic rings. The molecule has 0 aromatic heterocycles. The van der Waals surface area contributed by atoms with Crippen LogP contribution in [0.25, 0.3) is 0 Å². The molecular weight excluding hydrogens is 240 g/mol. The molecule has 2 bridgehead atoms. The van der Waals surface area contributed by atoms with Crippen molar-refractivity contribution in [1.82, 2.24) is 0 Å². The van der Waals surface area contributed by atoms with Gasteiger partial charge in [-0.05, 0) is 48.3 Å². The van der Waals surface area contributed by atoms with Crippen molar-refractivity contribution in [3.05, 3.63) is 0 Å². The van der Waals surface area contributed by atoms with E-state index in [1.807, 2.05) is 0 Å². The monoisotopic (exact) mass is 262 g/mol. The van der Waals surface area contributed by atoms with Crippen LogP contribution >= 0.6 is 0 Å². The third-order valence-corrected chi connectivity index (χ3v) is 6.78. The van der Waals surface area contributed by atoms with Crippen molar-refractivity contribution < 1.29 is 14.3 Å². The predicted molar refractivity (Wildman–Crippen MR) is 68.8 cm³/mol. The Balaban J connectivity index is 1.72. The van der Waals surface area contributed by atoms with Crippen molar-refractivity contribution in [1.29, 1.82) is 0 Å². The fourth-order valence-corrected chi connectivity index (χ4v) is 6.29. The van der Waals surface area contributed by atoms with Crippen LogP contribution in [-0.4, -0.2) is 11.9 Å². The smallest absolute Gasteiger partial charge is 0.317 e. The van der Waals surface area contributed by atoms with Gasteiger partial charge in [0.25, 0.3) is 0 Å². The molecule has 3 saturated carbocycles. The zero-order valence-corrected chi connectivity index (χ0v) is 11.7. The van der Waals surface area contributed by atoms with Gasteiger partial charge in [-0.2, -0.15) is 0 Å². The lowest BCUT2D eigenvalue weighted by molar-refractivity contribution is -0.154. The highest BCUT2D eigenvalue weighted by molar-refractivity contribution is 5.97. The first kappa shape index (κ1) is 11.9. The Morgan fingerprint density at radius 1 is 0.895 bits per heavy atom. The molecule has 0 N–H and O–H groups in total. The second-order valence-corrected chi connectivity index (χ2v) is 7.08. The lowest BCUT2D eigenvalue weighted by Crippen LogP contribution is -2.37. The number of cyclic esters (lactones) is 2. The molecule has 0 amide bonds. The van der Waals surface area contributed by atoms with Gasteiger partial charge in [-0.1, -0.05) is 26.7 Å². The lowest BCUT2D eigenvalue weighted by atomic mass is 9.66. The summed E-state index contributed by atoms with van der Waals surface area (Å²) in [6, 6.07) is 0. The Kier molecular flexibility index (Phi) is 2.40. The molecule has 8 unspecified atom stereocenters. The summed E-state index contributed by atoms with van der Waals surface area (Å²) in [4.78, 5) is 23.9. The maximum absolute atomic E-state index is 11.9. The van der Waals surface area contributed by atoms with E-state index in [1.165, 1.54) is 19.3 Å². The van der Waals surface area contributed by atoms with Gasteiger partial charge in [0.15, 0.2) is 0 Å². The van der Waals surface area contributed by atoms with E-state index in [-0.39, 0.29) is 23.8 Å². The van der Waals surface area contributed by atoms with Crippen LogP contribution < -0.4 is 0 Å². The Bertz CT molecular complexity index is 405. The van der Waals surface area contributed by atoms with E-state index in [0.29, 0.717) is 23.7 Å². The van der Waals surface area contributed by atoms with Gasteiger partial charge in [-0.25, -0.2) is 0 Å². The summed E-state index contributed by atoms with van der Waals surface area (Å²) in [7, 11) is 0. The summed E-state index contributed by atoms with van der Waals surface area (Å²) < 4.78 is 4.93. The third kappa shape index (κ3) is 1.29. The Morgan fingerprint density at radius 3 is 1.79 bits per heavy atom. The predicted octanol–water partition coefficient (Wildman–Crippen LogP) is 2.64. The van der Waals surface area contributed by atoms with Crippen LogP contribution in [0, 0.1) is 47.3 Å². The minimum atomic E-state index is -0.212. The summed E-state index contributed by atoms with van der Waals surface area (Å²) >= 11 is 0. The van der Waals surface area contributed by atoms with Gasteiger partial charge in [-0.3, -0.25) is 9.59 Å². The summed E-state index contributed by atoms with van der Waals surface area (Å²) in [5.74, 6) is 3.24. The second-order valence-electron chi connectivity index (χ2n) is 7.08. The summed E-state index contributed by atoms with van der Waals surface area (Å²) in [5, 5.41) is 0. The largest absolute Gasteiger partial charge is 0.393 e. The number of esters is 2. The van der Waals surface area contributed by atoms with E-state index in [1.54, 1.807) is 0 Å². The molecule has 0 radical (unpaired) electrons. The first-order valence-electron chi connectivity index (χ1n) is 7.92. The standard InChI is InChI=1S/C16H22O3/c1-3-7-5-8(4-2)12-10-6-9(11(7)12)13-14(10)16(18)19-15(13)17/h7-14H,3-6H2,1-2H3. The number of fused-ring (bicyclic) bond motifs is 8. The number of carbonyl (C=O) groups excluding carboxylic acids is 2. The number of hydrogen-bond donors (Lipinski definition) is 0. The Morgan fingerprint density at radius 2 is 1.37 bits per heavy atom. The molecular formula is C16H22O3. The van der Waals surface area contributed by atoms with Crippen LogP contribution in [0.1, 0.15) is 39.5 Å². The first-order chi connectivity index (χ1) is 9.17. The van der Waals surface area contributed by atoms with E-state index < -0.39 is 0 Å². The van der Waals surface area contributed by atoms with Gasteiger partial charge in [-0.15, -0.1) is 0 Å². The minimum Gasteiger partial charge on any atom is -0.393 e. The van der Waals surface area contributed by atoms with Gasteiger partial charge < -0.3 is 4.74 Å². The van der Waals surface area contributed by atoms with E-state index in [9.17, 15) is 9.59 Å². The summed E-state index contributed by atoms with van der Waals surface area (Å²) in [6.07, 6.45) is 4.87. The molecule has 1 aliphatic heterocycles. The van der Waals surface area contributed by atoms with Crippen LogP contribution in [0.3, 0.4) is 0 Å². The molecule has 3 heteroatoms. The highest BCUT2D eigenvalue weighted by atomic mass is 16.6. The fourth-order valence-electron chi connectivity index (χ4n) is 6.29. The van der Waals surface area contributed by atoms with Gasteiger partial charge in [0.05, 0.1) is 11.8 Å². The number of hydrogen-bond acceptors (Lipinski definition) is 3. The molecule has 8 atom stereocenters. The maximum atomic E-state index is 11.9. The topological polar surface area (TPSA) is 43.4 Å². The summed E-state index contributed by atoms with van der Waals surface area (Å²) in [6.45, 7) is 4.56. The molecule has 3 aliphatic carbocycles. The summed E-state index contributed by atoms with van der Waals surface area (Å²) in [5.41, 5.74) is 0. The molecule has 0 aromatic rings. The highest BCUT2D eigenvalue weighted by Gasteiger charge is 2.69. The second kappa shape index (κ2) is 3.83. The molecule has 3 nitrogen and oxygen atoms in total. The zero-order chi connectivity index (χ0) is 13.3. The molecule has 0 spiro atoms. The van der Waals surface area contributed by atoms with Crippen LogP contribution in [0.4, 0.5) is 0 Å². The SMILES string of the molecule is CCC1CC(CC)C2C3CC(C4C(=O)OC(=O)C34)C12. The van der Waals surface area contributed by atoms with E-state index in [0.717, 1.165) is 18.3 Å². The van der Waals surface area contributed by atoms with Gasteiger partial charge >= 0.3 is 11.9 Å². The molecule has 0 aromatic carbocycles. The zero-order valence-electron chi connectivity index (χ0n) is 11.7. The van der Waals surface area contributed by atoms with Crippen molar-refractivity contribution in [3.63, 3.8) is 0 Å². The lowest BCUT2D eigenvalue weighted by Gasteiger charge is -2.35. The third-order valence-electron chi connectivity index (χ3n) is 6.78. The van der Waals surface area contributed by atoms with Crippen LogP contribution in [0.2, 0.25) is 0 Å². The average molecular weight is 262 g/mol. The van der Waals surface area contributed by atoms with Crippen LogP contribution in [0.15, 0.2) is 0 Å². The number of carbonyl (C=O) groups is 2. The average Bonchev–Trinajstić information content (AvgIpc) is 3.09. The van der Waals surface area contributed by atoms with E-state index in [2.05, 4.69) is 13.8 Å². The normalized spacial score (nSPS) is 54.4. The first-order valence-corrected chi connectivity index (χ1v) is 7.92. The Labute approximate surface area is 114 Å². The molecule has 4 rings (SSSR count). The van der Waals surface area contributed by atoms with Crippen molar-refractivity contribution in [2.24, 2.45) is 47.3 Å². The van der Waals surface area contributed by atoms with Crippen molar-refractivity contribution in [2.75, 3.05) is 0 Å². The highest BCUT2D eigenvalue weighted by Crippen LogP contribution is 2.68. The van der Waals surface area contributed by atoms with Crippen LogP contribution in [0.5, 0.6) is 0 Å². The fraction of sp³-hybridized carbons (Fsp3) is 0.875. The van der Waals surface area contributed by atoms with Crippen LogP contribution in [-0.2, 0) is 14.3 Å². The Hall–Kier alpha value is -0.860. The molecule has 19 heavy (non-hydrogen) atoms. The molecule has 104 valence electrons. The van der Waals surface area contributed by atoms with Gasteiger partial charge in [0.1, 0.15) is 0 Å². The van der Waals surface area contributed by atoms with Gasteiger partial charge in [0.2, 0.25) is 0 Å². The van der Waals surface area contributed by atoms with Crippen molar-refractivity contribution in [3.8, 4) is 0 Å². The van der Waals surface area contributed by atoms with E-state index in [4.69, 9.17) is 4.74 Å². The van der Waals surface area contributed by atoms with E-state index >= 15 is 0 Å². The van der Waals surface area contributed by atoms with Crippen molar-refractivity contribution >= 4 is 11.9 Å². The quantitative estimate of drug-likeness (QED) is 0.567. The molecule has 1 saturated heterocycles. The number of rotatable bonds is 2. The van der Waals surface area contributed by atoms with Gasteiger partial charge in [0, 0.05) is 0 Å².